The number of ether oxygens (including phenoxy) is 2. The maximum atomic E-state index is 14.4. The molecule has 2 aromatic carbocycles. The molecule has 2 aliphatic heterocycles. The van der Waals surface area contributed by atoms with E-state index in [4.69, 9.17) is 4.74 Å². The van der Waals surface area contributed by atoms with Crippen LogP contribution in [0.15, 0.2) is 48.5 Å². The van der Waals surface area contributed by atoms with Crippen molar-refractivity contribution < 1.29 is 32.1 Å². The van der Waals surface area contributed by atoms with E-state index in [1.165, 1.54) is 24.3 Å². The minimum Gasteiger partial charge on any atom is -0.406 e. The third-order valence-corrected chi connectivity index (χ3v) is 9.04. The molecular weight excluding hydrogens is 538 g/mol. The van der Waals surface area contributed by atoms with Crippen LogP contribution in [0.4, 0.5) is 23.2 Å². The quantitative estimate of drug-likeness (QED) is 0.299. The zero-order chi connectivity index (χ0) is 29.2. The molecule has 2 unspecified atom stereocenters. The van der Waals surface area contributed by atoms with Crippen molar-refractivity contribution in [2.75, 3.05) is 37.6 Å². The van der Waals surface area contributed by atoms with Gasteiger partial charge in [-0.1, -0.05) is 18.6 Å². The minimum absolute atomic E-state index is 0.0315. The van der Waals surface area contributed by atoms with E-state index in [9.17, 15) is 27.9 Å². The summed E-state index contributed by atoms with van der Waals surface area (Å²) in [7, 11) is 0. The number of nitrogens with zero attached hydrogens (tertiary/aromatic N) is 3. The fraction of sp³-hybridized carbons (Fsp3) is 0.581. The van der Waals surface area contributed by atoms with Gasteiger partial charge in [0, 0.05) is 37.2 Å². The molecular formula is C31H37F4N3O3. The Bertz CT molecular complexity index is 1200. The Kier molecular flexibility index (Phi) is 8.78. The molecule has 0 radical (unpaired) electrons. The second-order valence-corrected chi connectivity index (χ2v) is 11.7. The van der Waals surface area contributed by atoms with Gasteiger partial charge in [0.05, 0.1) is 17.6 Å². The van der Waals surface area contributed by atoms with Crippen LogP contribution in [0, 0.1) is 34.9 Å². The van der Waals surface area contributed by atoms with Crippen LogP contribution in [0.2, 0.25) is 0 Å². The number of hydrogen-bond donors (Lipinski definition) is 1. The highest BCUT2D eigenvalue weighted by Crippen LogP contribution is 2.51. The molecule has 1 N–H and O–H groups in total. The first-order valence-corrected chi connectivity index (χ1v) is 14.4. The van der Waals surface area contributed by atoms with Crippen molar-refractivity contribution in [1.29, 1.82) is 5.26 Å². The molecule has 41 heavy (non-hydrogen) atoms. The number of hydrogen-bond acceptors (Lipinski definition) is 6. The minimum atomic E-state index is -4.70. The zero-order valence-corrected chi connectivity index (χ0v) is 23.2. The number of rotatable bonds is 9. The summed E-state index contributed by atoms with van der Waals surface area (Å²) in [5, 5.41) is 20.7. The Morgan fingerprint density at radius 1 is 1.05 bits per heavy atom. The van der Waals surface area contributed by atoms with Gasteiger partial charge in [-0.25, -0.2) is 4.39 Å². The maximum Gasteiger partial charge on any atom is 0.573 e. The smallest absolute Gasteiger partial charge is 0.406 e. The summed E-state index contributed by atoms with van der Waals surface area (Å²) in [5.41, 5.74) is 0.666. The van der Waals surface area contributed by atoms with Crippen LogP contribution in [0.25, 0.3) is 0 Å². The highest BCUT2D eigenvalue weighted by molar-refractivity contribution is 5.51. The molecule has 2 heterocycles. The monoisotopic (exact) mass is 575 g/mol. The van der Waals surface area contributed by atoms with Crippen LogP contribution in [0.5, 0.6) is 5.75 Å². The second-order valence-electron chi connectivity index (χ2n) is 11.7. The van der Waals surface area contributed by atoms with Crippen LogP contribution in [0.3, 0.4) is 0 Å². The van der Waals surface area contributed by atoms with Crippen molar-refractivity contribution in [3.63, 3.8) is 0 Å². The Morgan fingerprint density at radius 2 is 1.76 bits per heavy atom. The molecule has 4 atom stereocenters. The predicted octanol–water partition coefficient (Wildman–Crippen LogP) is 5.86. The molecule has 1 saturated carbocycles. The third kappa shape index (κ3) is 6.63. The Hall–Kier alpha value is -2.87. The van der Waals surface area contributed by atoms with E-state index in [2.05, 4.69) is 20.6 Å². The first-order chi connectivity index (χ1) is 19.6. The van der Waals surface area contributed by atoms with E-state index in [1.807, 2.05) is 6.07 Å². The van der Waals surface area contributed by atoms with Gasteiger partial charge in [-0.2, -0.15) is 5.26 Å². The first-order valence-electron chi connectivity index (χ1n) is 14.4. The van der Waals surface area contributed by atoms with E-state index in [0.717, 1.165) is 70.5 Å². The zero-order valence-electron chi connectivity index (χ0n) is 23.2. The number of piperidine rings is 1. The fourth-order valence-electron chi connectivity index (χ4n) is 7.29. The van der Waals surface area contributed by atoms with Gasteiger partial charge in [-0.05, 0) is 93.6 Å². The molecule has 0 spiro atoms. The van der Waals surface area contributed by atoms with Gasteiger partial charge < -0.3 is 24.4 Å². The number of alkyl halides is 3. The lowest BCUT2D eigenvalue weighted by atomic mass is 9.59. The topological polar surface area (TPSA) is 69.0 Å². The number of halogens is 4. The Balaban J connectivity index is 1.21. The summed E-state index contributed by atoms with van der Waals surface area (Å²) in [6, 6.07) is 15.1. The molecule has 3 fully saturated rings. The first kappa shape index (κ1) is 29.6. The van der Waals surface area contributed by atoms with E-state index in [0.29, 0.717) is 11.5 Å². The summed E-state index contributed by atoms with van der Waals surface area (Å²) in [4.78, 5) is 4.56. The molecule has 1 aliphatic carbocycles. The van der Waals surface area contributed by atoms with E-state index in [1.54, 1.807) is 25.1 Å². The van der Waals surface area contributed by atoms with Crippen LogP contribution < -0.4 is 9.64 Å². The molecule has 222 valence electrons. The van der Waals surface area contributed by atoms with Crippen molar-refractivity contribution in [3.8, 4) is 11.8 Å². The van der Waals surface area contributed by atoms with Crippen molar-refractivity contribution in [1.82, 2.24) is 4.90 Å². The average Bonchev–Trinajstić information content (AvgIpc) is 3.35. The summed E-state index contributed by atoms with van der Waals surface area (Å²) in [6.07, 6.45) is -1.82. The molecule has 0 aromatic heterocycles. The highest BCUT2D eigenvalue weighted by Gasteiger charge is 2.53. The molecule has 2 saturated heterocycles. The van der Waals surface area contributed by atoms with Crippen LogP contribution >= 0.6 is 0 Å². The molecule has 0 amide bonds. The Morgan fingerprint density at radius 3 is 2.37 bits per heavy atom. The third-order valence-electron chi connectivity index (χ3n) is 9.04. The number of anilines is 1. The van der Waals surface area contributed by atoms with E-state index < -0.39 is 18.1 Å². The number of aliphatic hydroxyl groups is 1. The lowest BCUT2D eigenvalue weighted by Gasteiger charge is -2.48. The normalized spacial score (nSPS) is 24.9. The van der Waals surface area contributed by atoms with Crippen molar-refractivity contribution in [3.05, 3.63) is 59.9 Å². The van der Waals surface area contributed by atoms with E-state index >= 15 is 0 Å². The second kappa shape index (κ2) is 12.2. The molecule has 5 rings (SSSR count). The lowest BCUT2D eigenvalue weighted by molar-refractivity contribution is -0.274. The molecule has 6 nitrogen and oxygen atoms in total. The van der Waals surface area contributed by atoms with Gasteiger partial charge in [0.2, 0.25) is 0 Å². The summed E-state index contributed by atoms with van der Waals surface area (Å²) in [6.45, 7) is 5.81. The maximum absolute atomic E-state index is 14.4. The number of benzene rings is 2. The Labute approximate surface area is 238 Å². The van der Waals surface area contributed by atoms with Crippen LogP contribution in [0.1, 0.15) is 44.6 Å². The summed E-state index contributed by atoms with van der Waals surface area (Å²) < 4.78 is 61.5. The van der Waals surface area contributed by atoms with Gasteiger partial charge in [-0.15, -0.1) is 13.2 Å². The number of nitriles is 1. The van der Waals surface area contributed by atoms with Gasteiger partial charge in [0.1, 0.15) is 11.6 Å². The van der Waals surface area contributed by atoms with Gasteiger partial charge >= 0.3 is 6.36 Å². The summed E-state index contributed by atoms with van der Waals surface area (Å²) >= 11 is 0. The standard InChI is InChI=1S/C31H37F4N3O3/c1-21(39)40-29-7-3-6-28(29)30(20-36,24-4-2-5-25(32)16-24)23-12-14-37(15-13-23)17-22-18-38(19-22)26-8-10-27(11-9-26)41-31(33,34)35/h2,4-5,8-11,16,21-23,28-29,39H,3,6-7,12-15,17-19H2,1H3/t21?,28-,29-,30?/m0/s1. The number of aliphatic hydroxyl groups excluding tert-OH is 1. The van der Waals surface area contributed by atoms with Crippen LogP contribution in [-0.4, -0.2) is 61.5 Å². The molecule has 0 bridgehead atoms. The summed E-state index contributed by atoms with van der Waals surface area (Å²) in [5.74, 6) is -0.241. The highest BCUT2D eigenvalue weighted by atomic mass is 19.4. The molecule has 2 aromatic rings. The fourth-order valence-corrected chi connectivity index (χ4v) is 7.29. The van der Waals surface area contributed by atoms with Crippen LogP contribution in [-0.2, 0) is 10.2 Å². The molecule has 10 heteroatoms. The van der Waals surface area contributed by atoms with Gasteiger partial charge in [0.15, 0.2) is 6.29 Å². The van der Waals surface area contributed by atoms with Crippen molar-refractivity contribution in [2.45, 2.75) is 63.2 Å². The molecule has 3 aliphatic rings. The van der Waals surface area contributed by atoms with Gasteiger partial charge in [-0.3, -0.25) is 0 Å². The van der Waals surface area contributed by atoms with Crippen molar-refractivity contribution >= 4 is 5.69 Å². The lowest BCUT2D eigenvalue weighted by Crippen LogP contribution is -2.54. The number of likely N-dealkylation sites (tertiary alicyclic amines) is 1. The SMILES string of the molecule is CC(O)O[C@H]1CCC[C@@H]1C(C#N)(c1cccc(F)c1)C1CCN(CC2CN(c3ccc(OC(F)(F)F)cc3)C2)CC1. The largest absolute Gasteiger partial charge is 0.573 e. The van der Waals surface area contributed by atoms with Gasteiger partial charge in [0.25, 0.3) is 0 Å². The average molecular weight is 576 g/mol. The van der Waals surface area contributed by atoms with Crippen molar-refractivity contribution in [2.24, 2.45) is 17.8 Å². The van der Waals surface area contributed by atoms with E-state index in [-0.39, 0.29) is 29.5 Å². The predicted molar refractivity (Wildman–Crippen MR) is 146 cm³/mol.